The normalized spacial score (nSPS) is 12.4. The van der Waals surface area contributed by atoms with E-state index in [-0.39, 0.29) is 6.54 Å². The first-order chi connectivity index (χ1) is 9.74. The zero-order valence-electron chi connectivity index (χ0n) is 12.7. The molecule has 0 fully saturated rings. The van der Waals surface area contributed by atoms with Crippen molar-refractivity contribution in [3.8, 4) is 0 Å². The summed E-state index contributed by atoms with van der Waals surface area (Å²) in [6.07, 6.45) is -1.30. The van der Waals surface area contributed by atoms with Crippen molar-refractivity contribution in [3.63, 3.8) is 0 Å². The van der Waals surface area contributed by atoms with E-state index in [1.54, 1.807) is 45.0 Å². The van der Waals surface area contributed by atoms with E-state index in [0.717, 1.165) is 0 Å². The fourth-order valence-corrected chi connectivity index (χ4v) is 1.57. The molecular formula is C15H21NO5. The Hall–Kier alpha value is -2.08. The third-order valence-corrected chi connectivity index (χ3v) is 2.50. The minimum Gasteiger partial charge on any atom is -0.467 e. The Morgan fingerprint density at radius 3 is 2.48 bits per heavy atom. The maximum Gasteiger partial charge on any atom is 0.340 e. The highest BCUT2D eigenvalue weighted by Crippen LogP contribution is 2.19. The molecule has 1 unspecified atom stereocenters. The second-order valence-corrected chi connectivity index (χ2v) is 5.47. The van der Waals surface area contributed by atoms with Gasteiger partial charge in [0.1, 0.15) is 5.60 Å². The van der Waals surface area contributed by atoms with Crippen molar-refractivity contribution in [2.45, 2.75) is 32.5 Å². The summed E-state index contributed by atoms with van der Waals surface area (Å²) in [6.45, 7) is 5.28. The number of anilines is 1. The van der Waals surface area contributed by atoms with Gasteiger partial charge in [0, 0.05) is 5.69 Å². The lowest BCUT2D eigenvalue weighted by molar-refractivity contribution is -0.149. The second kappa shape index (κ2) is 7.08. The number of carbonyl (C=O) groups excluding carboxylic acids is 2. The summed E-state index contributed by atoms with van der Waals surface area (Å²) >= 11 is 0. The van der Waals surface area contributed by atoms with Gasteiger partial charge in [-0.3, -0.25) is 0 Å². The van der Waals surface area contributed by atoms with Crippen molar-refractivity contribution < 1.29 is 24.2 Å². The van der Waals surface area contributed by atoms with Gasteiger partial charge in [0.25, 0.3) is 0 Å². The van der Waals surface area contributed by atoms with Crippen molar-refractivity contribution >= 4 is 17.6 Å². The third kappa shape index (κ3) is 5.43. The molecule has 0 heterocycles. The number of esters is 2. The highest BCUT2D eigenvalue weighted by molar-refractivity contribution is 5.96. The molecule has 1 aromatic carbocycles. The van der Waals surface area contributed by atoms with E-state index in [1.807, 2.05) is 0 Å². The number of ether oxygens (including phenoxy) is 2. The lowest BCUT2D eigenvalue weighted by atomic mass is 10.1. The predicted octanol–water partition coefficient (Wildman–Crippen LogP) is 1.59. The van der Waals surface area contributed by atoms with Crippen LogP contribution in [0, 0.1) is 0 Å². The lowest BCUT2D eigenvalue weighted by Gasteiger charge is -2.21. The molecule has 0 aliphatic heterocycles. The maximum atomic E-state index is 12.1. The van der Waals surface area contributed by atoms with Crippen LogP contribution in [0.15, 0.2) is 24.3 Å². The number of methoxy groups -OCH3 is 1. The molecule has 2 N–H and O–H groups in total. The van der Waals surface area contributed by atoms with Crippen LogP contribution < -0.4 is 5.32 Å². The number of aliphatic hydroxyl groups is 1. The van der Waals surface area contributed by atoms with Crippen LogP contribution >= 0.6 is 0 Å². The van der Waals surface area contributed by atoms with E-state index in [4.69, 9.17) is 4.74 Å². The molecule has 0 aromatic heterocycles. The van der Waals surface area contributed by atoms with Gasteiger partial charge in [-0.05, 0) is 32.9 Å². The minimum atomic E-state index is -1.30. The van der Waals surface area contributed by atoms with Gasteiger partial charge in [-0.15, -0.1) is 0 Å². The topological polar surface area (TPSA) is 84.9 Å². The summed E-state index contributed by atoms with van der Waals surface area (Å²) in [5.74, 6) is -1.21. The summed E-state index contributed by atoms with van der Waals surface area (Å²) in [4.78, 5) is 23.2. The summed E-state index contributed by atoms with van der Waals surface area (Å²) in [6, 6.07) is 6.73. The van der Waals surface area contributed by atoms with E-state index >= 15 is 0 Å². The van der Waals surface area contributed by atoms with E-state index in [2.05, 4.69) is 10.1 Å². The molecule has 0 saturated heterocycles. The van der Waals surface area contributed by atoms with Gasteiger partial charge in [-0.1, -0.05) is 12.1 Å². The SMILES string of the molecule is COC(=O)C(O)CNc1ccccc1C(=O)OC(C)(C)C. The van der Waals surface area contributed by atoms with Crippen LogP contribution in [0.2, 0.25) is 0 Å². The van der Waals surface area contributed by atoms with E-state index in [1.165, 1.54) is 7.11 Å². The highest BCUT2D eigenvalue weighted by atomic mass is 16.6. The number of nitrogens with one attached hydrogen (secondary N) is 1. The molecule has 0 radical (unpaired) electrons. The van der Waals surface area contributed by atoms with E-state index in [9.17, 15) is 14.7 Å². The van der Waals surface area contributed by atoms with Crippen molar-refractivity contribution in [2.24, 2.45) is 0 Å². The first-order valence-electron chi connectivity index (χ1n) is 6.56. The Morgan fingerprint density at radius 1 is 1.29 bits per heavy atom. The summed E-state index contributed by atoms with van der Waals surface area (Å²) < 4.78 is 9.73. The second-order valence-electron chi connectivity index (χ2n) is 5.47. The number of rotatable bonds is 5. The fraction of sp³-hybridized carbons (Fsp3) is 0.467. The molecule has 0 saturated carbocycles. The van der Waals surface area contributed by atoms with Gasteiger partial charge in [0.2, 0.25) is 0 Å². The molecule has 6 heteroatoms. The summed E-state index contributed by atoms with van der Waals surface area (Å²) in [5.41, 5.74) is 0.217. The molecule has 116 valence electrons. The monoisotopic (exact) mass is 295 g/mol. The van der Waals surface area contributed by atoms with Crippen LogP contribution in [0.5, 0.6) is 0 Å². The fourth-order valence-electron chi connectivity index (χ4n) is 1.57. The number of hydrogen-bond donors (Lipinski definition) is 2. The number of benzene rings is 1. The number of hydrogen-bond acceptors (Lipinski definition) is 6. The standard InChI is InChI=1S/C15H21NO5/c1-15(2,3)21-13(18)10-7-5-6-8-11(10)16-9-12(17)14(19)20-4/h5-8,12,16-17H,9H2,1-4H3. The van der Waals surface area contributed by atoms with Crippen LogP contribution in [-0.2, 0) is 14.3 Å². The highest BCUT2D eigenvalue weighted by Gasteiger charge is 2.21. The van der Waals surface area contributed by atoms with Crippen LogP contribution in [0.1, 0.15) is 31.1 Å². The van der Waals surface area contributed by atoms with Crippen molar-refractivity contribution in [2.75, 3.05) is 19.0 Å². The molecule has 0 bridgehead atoms. The Bertz CT molecular complexity index is 507. The maximum absolute atomic E-state index is 12.1. The molecular weight excluding hydrogens is 274 g/mol. The molecule has 1 rings (SSSR count). The smallest absolute Gasteiger partial charge is 0.340 e. The number of para-hydroxylation sites is 1. The first-order valence-corrected chi connectivity index (χ1v) is 6.56. The molecule has 0 amide bonds. The molecule has 1 aromatic rings. The first kappa shape index (κ1) is 17.0. The molecule has 0 spiro atoms. The van der Waals surface area contributed by atoms with Crippen LogP contribution in [0.4, 0.5) is 5.69 Å². The molecule has 0 aliphatic rings. The molecule has 0 aliphatic carbocycles. The van der Waals surface area contributed by atoms with Crippen molar-refractivity contribution in [1.29, 1.82) is 0 Å². The van der Waals surface area contributed by atoms with Gasteiger partial charge in [0.05, 0.1) is 19.2 Å². The largest absolute Gasteiger partial charge is 0.467 e. The van der Waals surface area contributed by atoms with Gasteiger partial charge in [0.15, 0.2) is 6.10 Å². The molecule has 1 atom stereocenters. The van der Waals surface area contributed by atoms with Gasteiger partial charge in [-0.25, -0.2) is 9.59 Å². The average molecular weight is 295 g/mol. The Balaban J connectivity index is 2.80. The Labute approximate surface area is 124 Å². The van der Waals surface area contributed by atoms with E-state index < -0.39 is 23.6 Å². The average Bonchev–Trinajstić information content (AvgIpc) is 2.42. The lowest BCUT2D eigenvalue weighted by Crippen LogP contribution is -2.30. The van der Waals surface area contributed by atoms with Gasteiger partial charge in [-0.2, -0.15) is 0 Å². The number of carbonyl (C=O) groups is 2. The van der Waals surface area contributed by atoms with Crippen LogP contribution in [0.25, 0.3) is 0 Å². The Morgan fingerprint density at radius 2 is 1.90 bits per heavy atom. The van der Waals surface area contributed by atoms with Crippen LogP contribution in [0.3, 0.4) is 0 Å². The zero-order chi connectivity index (χ0) is 16.0. The van der Waals surface area contributed by atoms with Crippen molar-refractivity contribution in [1.82, 2.24) is 0 Å². The molecule has 6 nitrogen and oxygen atoms in total. The Kier molecular flexibility index (Phi) is 5.72. The minimum absolute atomic E-state index is 0.0630. The summed E-state index contributed by atoms with van der Waals surface area (Å²) in [7, 11) is 1.19. The van der Waals surface area contributed by atoms with E-state index in [0.29, 0.717) is 11.3 Å². The van der Waals surface area contributed by atoms with Gasteiger partial charge >= 0.3 is 11.9 Å². The quantitative estimate of drug-likeness (QED) is 0.802. The number of aliphatic hydroxyl groups excluding tert-OH is 1. The van der Waals surface area contributed by atoms with Crippen LogP contribution in [-0.4, -0.2) is 42.4 Å². The predicted molar refractivity (Wildman–Crippen MR) is 78.1 cm³/mol. The van der Waals surface area contributed by atoms with Gasteiger partial charge < -0.3 is 19.9 Å². The van der Waals surface area contributed by atoms with Crippen molar-refractivity contribution in [3.05, 3.63) is 29.8 Å². The third-order valence-electron chi connectivity index (χ3n) is 2.50. The zero-order valence-corrected chi connectivity index (χ0v) is 12.7. The molecule has 21 heavy (non-hydrogen) atoms. The summed E-state index contributed by atoms with van der Waals surface area (Å²) in [5, 5.41) is 12.4.